The standard InChI is InChI=1S/C21H29ClN4/c1-26-21(10-15-2-3-15)19(12-25-26)18-11-17(24-13-20(18)22)9-6-14-4-7-16(23)8-5-14/h11-16H,2-10,23H2,1H3. The lowest BCUT2D eigenvalue weighted by Crippen LogP contribution is -2.26. The Hall–Kier alpha value is -1.39. The molecule has 2 N–H and O–H groups in total. The zero-order valence-corrected chi connectivity index (χ0v) is 16.4. The molecule has 0 saturated heterocycles. The van der Waals surface area contributed by atoms with Crippen LogP contribution in [0.1, 0.15) is 56.3 Å². The zero-order chi connectivity index (χ0) is 18.1. The highest BCUT2D eigenvalue weighted by molar-refractivity contribution is 6.33. The van der Waals surface area contributed by atoms with E-state index in [4.69, 9.17) is 17.3 Å². The summed E-state index contributed by atoms with van der Waals surface area (Å²) in [6.07, 6.45) is 14.6. The molecule has 2 aromatic heterocycles. The van der Waals surface area contributed by atoms with Crippen LogP contribution in [0.2, 0.25) is 5.02 Å². The summed E-state index contributed by atoms with van der Waals surface area (Å²) in [5.41, 5.74) is 10.7. The second-order valence-electron chi connectivity index (χ2n) is 8.25. The molecule has 2 aliphatic rings. The van der Waals surface area contributed by atoms with E-state index in [-0.39, 0.29) is 0 Å². The molecule has 2 fully saturated rings. The van der Waals surface area contributed by atoms with Crippen LogP contribution in [0.4, 0.5) is 0 Å². The van der Waals surface area contributed by atoms with Crippen molar-refractivity contribution in [1.82, 2.24) is 14.8 Å². The van der Waals surface area contributed by atoms with Gasteiger partial charge in [-0.25, -0.2) is 0 Å². The molecular formula is C21H29ClN4. The summed E-state index contributed by atoms with van der Waals surface area (Å²) in [6, 6.07) is 2.60. The van der Waals surface area contributed by atoms with Crippen molar-refractivity contribution in [2.24, 2.45) is 24.6 Å². The van der Waals surface area contributed by atoms with Gasteiger partial charge in [-0.1, -0.05) is 11.6 Å². The maximum Gasteiger partial charge on any atom is 0.0669 e. The van der Waals surface area contributed by atoms with Crippen molar-refractivity contribution in [1.29, 1.82) is 0 Å². The quantitative estimate of drug-likeness (QED) is 0.809. The number of nitrogens with two attached hydrogens (primary N) is 1. The molecule has 0 aromatic carbocycles. The predicted octanol–water partition coefficient (Wildman–Crippen LogP) is 4.54. The lowest BCUT2D eigenvalue weighted by Gasteiger charge is -2.25. The average molecular weight is 373 g/mol. The van der Waals surface area contributed by atoms with Gasteiger partial charge in [0.25, 0.3) is 0 Å². The molecule has 2 heterocycles. The minimum atomic E-state index is 0.418. The van der Waals surface area contributed by atoms with Crippen LogP contribution in [0.5, 0.6) is 0 Å². The zero-order valence-electron chi connectivity index (χ0n) is 15.6. The van der Waals surface area contributed by atoms with Gasteiger partial charge in [0.05, 0.1) is 11.2 Å². The Labute approximate surface area is 161 Å². The Morgan fingerprint density at radius 3 is 2.54 bits per heavy atom. The molecule has 2 aliphatic carbocycles. The number of hydrogen-bond donors (Lipinski definition) is 1. The van der Waals surface area contributed by atoms with Gasteiger partial charge in [-0.3, -0.25) is 9.67 Å². The van der Waals surface area contributed by atoms with Gasteiger partial charge in [-0.15, -0.1) is 0 Å². The van der Waals surface area contributed by atoms with Gasteiger partial charge < -0.3 is 5.73 Å². The summed E-state index contributed by atoms with van der Waals surface area (Å²) < 4.78 is 2.01. The maximum absolute atomic E-state index is 6.52. The summed E-state index contributed by atoms with van der Waals surface area (Å²) in [5, 5.41) is 5.22. The number of halogens is 1. The molecule has 4 rings (SSSR count). The molecule has 0 atom stereocenters. The number of hydrogen-bond acceptors (Lipinski definition) is 3. The maximum atomic E-state index is 6.52. The molecule has 0 amide bonds. The number of pyridine rings is 1. The van der Waals surface area contributed by atoms with E-state index in [2.05, 4.69) is 16.1 Å². The second kappa shape index (κ2) is 7.69. The third-order valence-corrected chi connectivity index (χ3v) is 6.44. The van der Waals surface area contributed by atoms with Gasteiger partial charge in [-0.2, -0.15) is 5.10 Å². The molecule has 2 aromatic rings. The van der Waals surface area contributed by atoms with Crippen LogP contribution in [0.25, 0.3) is 11.1 Å². The molecule has 140 valence electrons. The Bertz CT molecular complexity index is 757. The molecule has 0 unspecified atom stereocenters. The largest absolute Gasteiger partial charge is 0.328 e. The topological polar surface area (TPSA) is 56.7 Å². The number of nitrogens with zero attached hydrogens (tertiary/aromatic N) is 3. The Morgan fingerprint density at radius 1 is 1.08 bits per heavy atom. The van der Waals surface area contributed by atoms with Crippen LogP contribution in [0, 0.1) is 11.8 Å². The molecule has 2 saturated carbocycles. The highest BCUT2D eigenvalue weighted by Gasteiger charge is 2.25. The second-order valence-corrected chi connectivity index (χ2v) is 8.66. The van der Waals surface area contributed by atoms with Gasteiger partial charge in [0.2, 0.25) is 0 Å². The Balaban J connectivity index is 1.49. The number of rotatable bonds is 6. The minimum absolute atomic E-state index is 0.418. The van der Waals surface area contributed by atoms with E-state index in [9.17, 15) is 0 Å². The van der Waals surface area contributed by atoms with Crippen LogP contribution >= 0.6 is 11.6 Å². The van der Waals surface area contributed by atoms with Crippen molar-refractivity contribution < 1.29 is 0 Å². The monoisotopic (exact) mass is 372 g/mol. The summed E-state index contributed by atoms with van der Waals surface area (Å²) in [5.74, 6) is 1.61. The molecule has 0 aliphatic heterocycles. The molecule has 0 radical (unpaired) electrons. The smallest absolute Gasteiger partial charge is 0.0669 e. The van der Waals surface area contributed by atoms with E-state index in [1.54, 1.807) is 0 Å². The van der Waals surface area contributed by atoms with Gasteiger partial charge in [0.1, 0.15) is 0 Å². The van der Waals surface area contributed by atoms with E-state index in [0.717, 1.165) is 41.0 Å². The summed E-state index contributed by atoms with van der Waals surface area (Å²) >= 11 is 6.52. The van der Waals surface area contributed by atoms with E-state index in [1.807, 2.05) is 24.1 Å². The summed E-state index contributed by atoms with van der Waals surface area (Å²) in [4.78, 5) is 4.59. The number of aryl methyl sites for hydroxylation is 2. The van der Waals surface area contributed by atoms with E-state index in [1.165, 1.54) is 56.2 Å². The predicted molar refractivity (Wildman–Crippen MR) is 106 cm³/mol. The van der Waals surface area contributed by atoms with E-state index in [0.29, 0.717) is 6.04 Å². The van der Waals surface area contributed by atoms with Crippen LogP contribution in [-0.4, -0.2) is 20.8 Å². The first-order valence-electron chi connectivity index (χ1n) is 10.0. The van der Waals surface area contributed by atoms with Crippen molar-refractivity contribution >= 4 is 11.6 Å². The molecule has 5 heteroatoms. The fourth-order valence-corrected chi connectivity index (χ4v) is 4.38. The van der Waals surface area contributed by atoms with Gasteiger partial charge in [0, 0.05) is 41.8 Å². The first-order chi connectivity index (χ1) is 12.6. The summed E-state index contributed by atoms with van der Waals surface area (Å²) in [6.45, 7) is 0. The molecule has 4 nitrogen and oxygen atoms in total. The number of aromatic nitrogens is 3. The lowest BCUT2D eigenvalue weighted by atomic mass is 9.83. The van der Waals surface area contributed by atoms with Crippen molar-refractivity contribution in [2.75, 3.05) is 0 Å². The normalized spacial score (nSPS) is 23.3. The van der Waals surface area contributed by atoms with E-state index >= 15 is 0 Å². The van der Waals surface area contributed by atoms with Gasteiger partial charge in [0.15, 0.2) is 0 Å². The third-order valence-electron chi connectivity index (χ3n) is 6.14. The van der Waals surface area contributed by atoms with Crippen molar-refractivity contribution in [3.05, 3.63) is 34.9 Å². The summed E-state index contributed by atoms with van der Waals surface area (Å²) in [7, 11) is 2.03. The van der Waals surface area contributed by atoms with Crippen LogP contribution in [-0.2, 0) is 19.9 Å². The molecule has 0 spiro atoms. The van der Waals surface area contributed by atoms with Crippen molar-refractivity contribution in [2.45, 2.75) is 63.8 Å². The highest BCUT2D eigenvalue weighted by Crippen LogP contribution is 2.37. The van der Waals surface area contributed by atoms with Gasteiger partial charge >= 0.3 is 0 Å². The molecule has 26 heavy (non-hydrogen) atoms. The first-order valence-corrected chi connectivity index (χ1v) is 10.4. The van der Waals surface area contributed by atoms with Crippen LogP contribution in [0.15, 0.2) is 18.5 Å². The molecule has 0 bridgehead atoms. The lowest BCUT2D eigenvalue weighted by molar-refractivity contribution is 0.310. The minimum Gasteiger partial charge on any atom is -0.328 e. The SMILES string of the molecule is Cn1ncc(-c2cc(CCC3CCC(N)CC3)ncc2Cl)c1CC1CC1. The van der Waals surface area contributed by atoms with Crippen LogP contribution < -0.4 is 5.73 Å². The third kappa shape index (κ3) is 4.12. The molecular weight excluding hydrogens is 344 g/mol. The first kappa shape index (κ1) is 18.0. The van der Waals surface area contributed by atoms with Crippen molar-refractivity contribution in [3.8, 4) is 11.1 Å². The Kier molecular flexibility index (Phi) is 5.32. The average Bonchev–Trinajstić information content (AvgIpc) is 3.39. The van der Waals surface area contributed by atoms with Gasteiger partial charge in [-0.05, 0) is 75.7 Å². The fraction of sp³-hybridized carbons (Fsp3) is 0.619. The Morgan fingerprint density at radius 2 is 1.81 bits per heavy atom. The van der Waals surface area contributed by atoms with E-state index < -0.39 is 0 Å². The van der Waals surface area contributed by atoms with Crippen LogP contribution in [0.3, 0.4) is 0 Å². The van der Waals surface area contributed by atoms with Crippen molar-refractivity contribution in [3.63, 3.8) is 0 Å². The highest BCUT2D eigenvalue weighted by atomic mass is 35.5. The fourth-order valence-electron chi connectivity index (χ4n) is 4.18.